The Balaban J connectivity index is 2.82. The van der Waals surface area contributed by atoms with E-state index in [0.29, 0.717) is 6.54 Å². The summed E-state index contributed by atoms with van der Waals surface area (Å²) in [6, 6.07) is 0. The summed E-state index contributed by atoms with van der Waals surface area (Å²) in [5, 5.41) is 2.76. The van der Waals surface area contributed by atoms with Crippen LogP contribution in [0.5, 0.6) is 0 Å². The summed E-state index contributed by atoms with van der Waals surface area (Å²) in [7, 11) is 4.04. The fourth-order valence-electron chi connectivity index (χ4n) is 0.604. The molecule has 0 atom stereocenters. The van der Waals surface area contributed by atoms with Crippen LogP contribution in [-0.4, -0.2) is 32.1 Å². The highest BCUT2D eigenvalue weighted by Crippen LogP contribution is 1.89. The maximum Gasteiger partial charge on any atom is 0.0811 e. The van der Waals surface area contributed by atoms with Crippen molar-refractivity contribution in [1.29, 1.82) is 0 Å². The minimum absolute atomic E-state index is 0.466. The molecule has 3 nitrogen and oxygen atoms in total. The molecule has 0 spiro atoms. The van der Waals surface area contributed by atoms with Crippen LogP contribution in [0.15, 0.2) is 5.18 Å². The summed E-state index contributed by atoms with van der Waals surface area (Å²) in [6.07, 6.45) is 1.99. The topological polar surface area (TPSA) is 32.7 Å². The van der Waals surface area contributed by atoms with Gasteiger partial charge in [0.05, 0.1) is 6.54 Å². The molecular weight excluding hydrogens is 116 g/mol. The molecule has 0 aromatic heterocycles. The van der Waals surface area contributed by atoms with Gasteiger partial charge in [0.2, 0.25) is 0 Å². The molecule has 0 bridgehead atoms. The highest BCUT2D eigenvalue weighted by Gasteiger charge is 1.89. The summed E-state index contributed by atoms with van der Waals surface area (Å²) in [4.78, 5) is 11.7. The summed E-state index contributed by atoms with van der Waals surface area (Å²) in [5.74, 6) is 0. The van der Waals surface area contributed by atoms with Crippen LogP contribution in [0.3, 0.4) is 0 Å². The second-order valence-corrected chi connectivity index (χ2v) is 2.36. The van der Waals surface area contributed by atoms with Crippen molar-refractivity contribution in [2.45, 2.75) is 12.8 Å². The van der Waals surface area contributed by atoms with E-state index in [-0.39, 0.29) is 0 Å². The predicted octanol–water partition coefficient (Wildman–Crippen LogP) is 1.09. The first-order valence-corrected chi connectivity index (χ1v) is 3.21. The smallest absolute Gasteiger partial charge is 0.0811 e. The molecule has 0 rings (SSSR count). The zero-order valence-corrected chi connectivity index (χ0v) is 6.13. The minimum atomic E-state index is 0.466. The van der Waals surface area contributed by atoms with Gasteiger partial charge in [0.25, 0.3) is 0 Å². The van der Waals surface area contributed by atoms with Crippen molar-refractivity contribution < 1.29 is 0 Å². The van der Waals surface area contributed by atoms with Gasteiger partial charge in [-0.05, 0) is 33.5 Å². The molecule has 0 N–H and O–H groups in total. The van der Waals surface area contributed by atoms with Gasteiger partial charge in [-0.2, -0.15) is 4.91 Å². The third kappa shape index (κ3) is 7.56. The van der Waals surface area contributed by atoms with E-state index in [1.807, 2.05) is 14.1 Å². The lowest BCUT2D eigenvalue weighted by Gasteiger charge is -2.06. The van der Waals surface area contributed by atoms with Gasteiger partial charge in [-0.25, -0.2) is 0 Å². The van der Waals surface area contributed by atoms with Crippen molar-refractivity contribution >= 4 is 0 Å². The summed E-state index contributed by atoms with van der Waals surface area (Å²) >= 11 is 0. The molecule has 54 valence electrons. The van der Waals surface area contributed by atoms with Gasteiger partial charge in [-0.1, -0.05) is 5.18 Å². The van der Waals surface area contributed by atoms with Gasteiger partial charge >= 0.3 is 0 Å². The Bertz CT molecular complexity index is 73.5. The molecule has 0 heterocycles. The summed E-state index contributed by atoms with van der Waals surface area (Å²) in [6.45, 7) is 1.52. The monoisotopic (exact) mass is 130 g/mol. The van der Waals surface area contributed by atoms with E-state index >= 15 is 0 Å². The van der Waals surface area contributed by atoms with Gasteiger partial charge in [0.15, 0.2) is 0 Å². The molecule has 9 heavy (non-hydrogen) atoms. The lowest BCUT2D eigenvalue weighted by Crippen LogP contribution is -2.12. The first kappa shape index (κ1) is 8.56. The van der Waals surface area contributed by atoms with Crippen LogP contribution >= 0.6 is 0 Å². The Morgan fingerprint density at radius 1 is 1.33 bits per heavy atom. The Hall–Kier alpha value is -0.440. The number of nitrogens with zero attached hydrogens (tertiary/aromatic N) is 2. The third-order valence-electron chi connectivity index (χ3n) is 1.10. The molecule has 0 saturated heterocycles. The van der Waals surface area contributed by atoms with Gasteiger partial charge in [-0.15, -0.1) is 0 Å². The highest BCUT2D eigenvalue weighted by atomic mass is 16.3. The number of hydrogen-bond donors (Lipinski definition) is 0. The largest absolute Gasteiger partial charge is 0.309 e. The van der Waals surface area contributed by atoms with Crippen molar-refractivity contribution in [3.8, 4) is 0 Å². The number of nitroso groups, excluding NO2 is 1. The average molecular weight is 130 g/mol. The Morgan fingerprint density at radius 3 is 2.44 bits per heavy atom. The number of hydrogen-bond acceptors (Lipinski definition) is 3. The second kappa shape index (κ2) is 5.69. The molecule has 0 aliphatic heterocycles. The molecule has 0 radical (unpaired) electrons. The summed E-state index contributed by atoms with van der Waals surface area (Å²) < 4.78 is 0. The Labute approximate surface area is 56.0 Å². The van der Waals surface area contributed by atoms with Gasteiger partial charge < -0.3 is 4.90 Å². The second-order valence-electron chi connectivity index (χ2n) is 2.36. The molecule has 0 aliphatic rings. The third-order valence-corrected chi connectivity index (χ3v) is 1.10. The molecule has 0 aromatic carbocycles. The van der Waals surface area contributed by atoms with Crippen molar-refractivity contribution in [1.82, 2.24) is 4.90 Å². The van der Waals surface area contributed by atoms with Gasteiger partial charge in [-0.3, -0.25) is 0 Å². The standard InChI is InChI=1S/C6H14N2O/c1-8(2)6-4-3-5-7-9/h3-6H2,1-2H3. The molecule has 0 saturated carbocycles. The average Bonchev–Trinajstić information content (AvgIpc) is 1.80. The SMILES string of the molecule is CN(C)CCCCN=O. The summed E-state index contributed by atoms with van der Waals surface area (Å²) in [5.41, 5.74) is 0. The quantitative estimate of drug-likeness (QED) is 0.412. The van der Waals surface area contributed by atoms with E-state index in [2.05, 4.69) is 10.1 Å². The Kier molecular flexibility index (Phi) is 5.41. The van der Waals surface area contributed by atoms with Crippen LogP contribution in [0.1, 0.15) is 12.8 Å². The molecule has 0 aliphatic carbocycles. The van der Waals surface area contributed by atoms with E-state index in [9.17, 15) is 4.91 Å². The van der Waals surface area contributed by atoms with Gasteiger partial charge in [0.1, 0.15) is 0 Å². The number of rotatable bonds is 5. The first-order chi connectivity index (χ1) is 4.27. The maximum atomic E-state index is 9.59. The fraction of sp³-hybridized carbons (Fsp3) is 1.00. The molecule has 3 heteroatoms. The van der Waals surface area contributed by atoms with Crippen molar-refractivity contribution in [2.24, 2.45) is 5.18 Å². The van der Waals surface area contributed by atoms with E-state index in [4.69, 9.17) is 0 Å². The van der Waals surface area contributed by atoms with Crippen LogP contribution in [0.2, 0.25) is 0 Å². The normalized spacial score (nSPS) is 10.1. The fourth-order valence-corrected chi connectivity index (χ4v) is 0.604. The molecule has 0 unspecified atom stereocenters. The highest BCUT2D eigenvalue weighted by molar-refractivity contribution is 4.47. The van der Waals surface area contributed by atoms with E-state index in [1.54, 1.807) is 0 Å². The van der Waals surface area contributed by atoms with E-state index < -0.39 is 0 Å². The minimum Gasteiger partial charge on any atom is -0.309 e. The van der Waals surface area contributed by atoms with E-state index in [0.717, 1.165) is 19.4 Å². The van der Waals surface area contributed by atoms with Crippen LogP contribution in [0, 0.1) is 4.91 Å². The molecule has 0 fully saturated rings. The van der Waals surface area contributed by atoms with Crippen LogP contribution in [0.25, 0.3) is 0 Å². The first-order valence-electron chi connectivity index (χ1n) is 3.21. The lowest BCUT2D eigenvalue weighted by molar-refractivity contribution is 0.395. The molecular formula is C6H14N2O. The van der Waals surface area contributed by atoms with Crippen LogP contribution in [-0.2, 0) is 0 Å². The van der Waals surface area contributed by atoms with Crippen molar-refractivity contribution in [2.75, 3.05) is 27.2 Å². The van der Waals surface area contributed by atoms with Crippen LogP contribution in [0.4, 0.5) is 0 Å². The zero-order valence-electron chi connectivity index (χ0n) is 6.13. The predicted molar refractivity (Wildman–Crippen MR) is 38.5 cm³/mol. The lowest BCUT2D eigenvalue weighted by atomic mass is 10.3. The molecule has 0 aromatic rings. The number of unbranched alkanes of at least 4 members (excludes halogenated alkanes) is 1. The van der Waals surface area contributed by atoms with Crippen molar-refractivity contribution in [3.05, 3.63) is 4.91 Å². The van der Waals surface area contributed by atoms with Gasteiger partial charge in [0, 0.05) is 0 Å². The van der Waals surface area contributed by atoms with E-state index in [1.165, 1.54) is 0 Å². The van der Waals surface area contributed by atoms with Crippen LogP contribution < -0.4 is 0 Å². The maximum absolute atomic E-state index is 9.59. The zero-order chi connectivity index (χ0) is 7.11. The molecule has 0 amide bonds. The Morgan fingerprint density at radius 2 is 2.00 bits per heavy atom. The van der Waals surface area contributed by atoms with Crippen molar-refractivity contribution in [3.63, 3.8) is 0 Å².